The van der Waals surface area contributed by atoms with Crippen LogP contribution in [0, 0.1) is 5.82 Å². The molecule has 0 radical (unpaired) electrons. The molecule has 0 atom stereocenters. The van der Waals surface area contributed by atoms with Gasteiger partial charge in [-0.15, -0.1) is 0 Å². The molecule has 172 valence electrons. The summed E-state index contributed by atoms with van der Waals surface area (Å²) in [4.78, 5) is 24.3. The van der Waals surface area contributed by atoms with Crippen molar-refractivity contribution in [2.45, 2.75) is 13.1 Å². The van der Waals surface area contributed by atoms with Crippen LogP contribution in [0.2, 0.25) is 0 Å². The quantitative estimate of drug-likeness (QED) is 0.376. The van der Waals surface area contributed by atoms with E-state index in [0.29, 0.717) is 0 Å². The molecule has 0 saturated heterocycles. The number of benzene rings is 3. The number of nitrogens with zero attached hydrogens (tertiary/aromatic N) is 2. The van der Waals surface area contributed by atoms with Crippen LogP contribution in [0.25, 0.3) is 16.9 Å². The molecule has 8 heteroatoms. The van der Waals surface area contributed by atoms with Gasteiger partial charge in [-0.05, 0) is 29.8 Å². The van der Waals surface area contributed by atoms with E-state index in [2.05, 4.69) is 16.0 Å². The molecule has 7 nitrogen and oxygen atoms in total. The minimum atomic E-state index is -0.485. The zero-order valence-electron chi connectivity index (χ0n) is 18.4. The average Bonchev–Trinajstić information content (AvgIpc) is 3.31. The Labute approximate surface area is 196 Å². The molecular weight excluding hydrogens is 433 g/mol. The van der Waals surface area contributed by atoms with Crippen LogP contribution >= 0.6 is 0 Å². The van der Waals surface area contributed by atoms with E-state index in [9.17, 15) is 14.0 Å². The summed E-state index contributed by atoms with van der Waals surface area (Å²) < 4.78 is 14.7. The van der Waals surface area contributed by atoms with Gasteiger partial charge in [-0.1, -0.05) is 60.7 Å². The Morgan fingerprint density at radius 3 is 2.18 bits per heavy atom. The smallest absolute Gasteiger partial charge is 0.315 e. The number of hydrogen-bond donors (Lipinski definition) is 3. The average molecular weight is 458 g/mol. The van der Waals surface area contributed by atoms with Crippen molar-refractivity contribution in [3.63, 3.8) is 0 Å². The van der Waals surface area contributed by atoms with Crippen molar-refractivity contribution in [3.8, 4) is 16.9 Å². The van der Waals surface area contributed by atoms with Crippen molar-refractivity contribution < 1.29 is 14.0 Å². The Morgan fingerprint density at radius 1 is 0.794 bits per heavy atom. The first kappa shape index (κ1) is 22.7. The molecule has 0 unspecified atom stereocenters. The van der Waals surface area contributed by atoms with E-state index in [0.717, 1.165) is 28.1 Å². The summed E-state index contributed by atoms with van der Waals surface area (Å²) in [7, 11) is 0. The third-order valence-corrected chi connectivity index (χ3v) is 5.11. The van der Waals surface area contributed by atoms with E-state index >= 15 is 0 Å². The van der Waals surface area contributed by atoms with Crippen molar-refractivity contribution in [1.29, 1.82) is 0 Å². The normalized spacial score (nSPS) is 10.5. The zero-order chi connectivity index (χ0) is 23.8. The third-order valence-electron chi connectivity index (χ3n) is 5.11. The van der Waals surface area contributed by atoms with Crippen LogP contribution in [0.15, 0.2) is 91.1 Å². The number of nitrogens with one attached hydrogen (secondary N) is 3. The highest BCUT2D eigenvalue weighted by Crippen LogP contribution is 2.23. The van der Waals surface area contributed by atoms with Gasteiger partial charge in [-0.25, -0.2) is 13.9 Å². The van der Waals surface area contributed by atoms with Crippen molar-refractivity contribution in [2.75, 3.05) is 6.54 Å². The first-order valence-electron chi connectivity index (χ1n) is 10.8. The predicted octanol–water partition coefficient (Wildman–Crippen LogP) is 3.79. The lowest BCUT2D eigenvalue weighted by atomic mass is 10.1. The highest BCUT2D eigenvalue weighted by Gasteiger charge is 2.13. The van der Waals surface area contributed by atoms with Crippen LogP contribution in [0.5, 0.6) is 0 Å². The number of aromatic nitrogens is 2. The van der Waals surface area contributed by atoms with Crippen molar-refractivity contribution >= 4 is 11.9 Å². The standard InChI is InChI=1S/C26H24FN5O2/c27-22-13-11-19(12-14-22)15-29-26(34)30-17-24(33)28-16-21-18-32(23-9-5-2-6-10-23)31-25(21)20-7-3-1-4-8-20/h1-14,18H,15-17H2,(H,28,33)(H2,29,30,34). The highest BCUT2D eigenvalue weighted by atomic mass is 19.1. The summed E-state index contributed by atoms with van der Waals surface area (Å²) >= 11 is 0. The minimum absolute atomic E-state index is 0.178. The Bertz CT molecular complexity index is 1240. The maximum Gasteiger partial charge on any atom is 0.315 e. The number of urea groups is 1. The molecule has 0 saturated carbocycles. The fourth-order valence-corrected chi connectivity index (χ4v) is 3.36. The highest BCUT2D eigenvalue weighted by molar-refractivity contribution is 5.84. The number of para-hydroxylation sites is 1. The molecule has 0 spiro atoms. The molecule has 0 fully saturated rings. The van der Waals surface area contributed by atoms with Crippen LogP contribution in [-0.4, -0.2) is 28.3 Å². The molecule has 4 rings (SSSR count). The number of halogens is 1. The Kier molecular flexibility index (Phi) is 7.29. The van der Waals surface area contributed by atoms with E-state index in [1.807, 2.05) is 66.9 Å². The summed E-state index contributed by atoms with van der Waals surface area (Å²) in [5, 5.41) is 12.7. The molecule has 0 aliphatic heterocycles. The molecule has 0 aliphatic rings. The molecule has 4 aromatic rings. The van der Waals surface area contributed by atoms with Crippen LogP contribution in [-0.2, 0) is 17.9 Å². The van der Waals surface area contributed by atoms with Gasteiger partial charge >= 0.3 is 6.03 Å². The van der Waals surface area contributed by atoms with Gasteiger partial charge in [0.1, 0.15) is 5.82 Å². The number of rotatable bonds is 8. The van der Waals surface area contributed by atoms with Crippen LogP contribution in [0.4, 0.5) is 9.18 Å². The van der Waals surface area contributed by atoms with Crippen LogP contribution in [0.1, 0.15) is 11.1 Å². The summed E-state index contributed by atoms with van der Waals surface area (Å²) in [5.41, 5.74) is 4.24. The molecule has 1 heterocycles. The lowest BCUT2D eigenvalue weighted by Crippen LogP contribution is -2.41. The van der Waals surface area contributed by atoms with Crippen molar-refractivity contribution in [2.24, 2.45) is 0 Å². The molecule has 0 aliphatic carbocycles. The lowest BCUT2D eigenvalue weighted by molar-refractivity contribution is -0.120. The molecular formula is C26H24FN5O2. The van der Waals surface area contributed by atoms with Gasteiger partial charge < -0.3 is 16.0 Å². The van der Waals surface area contributed by atoms with Gasteiger partial charge in [-0.3, -0.25) is 4.79 Å². The number of carbonyl (C=O) groups excluding carboxylic acids is 2. The Morgan fingerprint density at radius 2 is 1.47 bits per heavy atom. The fourth-order valence-electron chi connectivity index (χ4n) is 3.36. The minimum Gasteiger partial charge on any atom is -0.350 e. The van der Waals surface area contributed by atoms with Crippen molar-refractivity contribution in [3.05, 3.63) is 108 Å². The second kappa shape index (κ2) is 10.9. The van der Waals surface area contributed by atoms with E-state index < -0.39 is 6.03 Å². The summed E-state index contributed by atoms with van der Waals surface area (Å²) in [6, 6.07) is 24.8. The van der Waals surface area contributed by atoms with Crippen LogP contribution in [0.3, 0.4) is 0 Å². The molecule has 3 amide bonds. The van der Waals surface area contributed by atoms with Gasteiger partial charge in [0.05, 0.1) is 17.9 Å². The molecule has 3 aromatic carbocycles. The largest absolute Gasteiger partial charge is 0.350 e. The van der Waals surface area contributed by atoms with E-state index in [4.69, 9.17) is 5.10 Å². The summed E-state index contributed by atoms with van der Waals surface area (Å²) in [6.45, 7) is 0.310. The number of hydrogen-bond acceptors (Lipinski definition) is 3. The fraction of sp³-hybridized carbons (Fsp3) is 0.115. The second-order valence-corrected chi connectivity index (χ2v) is 7.59. The molecule has 3 N–H and O–H groups in total. The summed E-state index contributed by atoms with van der Waals surface area (Å²) in [6.07, 6.45) is 1.89. The van der Waals surface area contributed by atoms with Gasteiger partial charge in [0, 0.05) is 30.4 Å². The summed E-state index contributed by atoms with van der Waals surface area (Å²) in [5.74, 6) is -0.669. The number of carbonyl (C=O) groups is 2. The van der Waals surface area contributed by atoms with E-state index in [1.54, 1.807) is 16.8 Å². The maximum atomic E-state index is 13.0. The molecule has 34 heavy (non-hydrogen) atoms. The van der Waals surface area contributed by atoms with Crippen molar-refractivity contribution in [1.82, 2.24) is 25.7 Å². The predicted molar refractivity (Wildman–Crippen MR) is 127 cm³/mol. The van der Waals surface area contributed by atoms with Crippen LogP contribution < -0.4 is 16.0 Å². The zero-order valence-corrected chi connectivity index (χ0v) is 18.4. The van der Waals surface area contributed by atoms with Gasteiger partial charge in [-0.2, -0.15) is 5.10 Å². The SMILES string of the molecule is O=C(CNC(=O)NCc1ccc(F)cc1)NCc1cn(-c2ccccc2)nc1-c1ccccc1. The first-order valence-corrected chi connectivity index (χ1v) is 10.8. The first-order chi connectivity index (χ1) is 16.6. The number of amides is 3. The van der Waals surface area contributed by atoms with Gasteiger partial charge in [0.25, 0.3) is 0 Å². The maximum absolute atomic E-state index is 13.0. The lowest BCUT2D eigenvalue weighted by Gasteiger charge is -2.09. The Balaban J connectivity index is 1.34. The topological polar surface area (TPSA) is 88.0 Å². The Hall–Kier alpha value is -4.46. The molecule has 0 bridgehead atoms. The van der Waals surface area contributed by atoms with Gasteiger partial charge in [0.15, 0.2) is 0 Å². The second-order valence-electron chi connectivity index (χ2n) is 7.59. The monoisotopic (exact) mass is 457 g/mol. The van der Waals surface area contributed by atoms with E-state index in [-0.39, 0.29) is 31.4 Å². The van der Waals surface area contributed by atoms with Gasteiger partial charge in [0.2, 0.25) is 5.91 Å². The third kappa shape index (κ3) is 6.07. The molecule has 1 aromatic heterocycles. The van der Waals surface area contributed by atoms with E-state index in [1.165, 1.54) is 12.1 Å².